The Kier molecular flexibility index (Phi) is 8.97. The molecule has 0 heterocycles. The first-order chi connectivity index (χ1) is 8.93. The van der Waals surface area contributed by atoms with E-state index < -0.39 is 0 Å². The van der Waals surface area contributed by atoms with Crippen molar-refractivity contribution in [1.82, 2.24) is 0 Å². The van der Waals surface area contributed by atoms with Crippen molar-refractivity contribution >= 4 is 35.7 Å². The first kappa shape index (κ1) is 21.0. The first-order valence-corrected chi connectivity index (χ1v) is 10.3. The van der Waals surface area contributed by atoms with Gasteiger partial charge in [-0.2, -0.15) is 22.4 Å². The van der Waals surface area contributed by atoms with Crippen molar-refractivity contribution in [3.8, 4) is 0 Å². The second kappa shape index (κ2) is 8.56. The van der Waals surface area contributed by atoms with Gasteiger partial charge >= 0.3 is 0 Å². The molecule has 0 aromatic carbocycles. The average molecular weight is 407 g/mol. The molecule has 0 aliphatic carbocycles. The molecule has 0 N–H and O–H groups in total. The van der Waals surface area contributed by atoms with Crippen LogP contribution in [0.1, 0.15) is 74.7 Å². The minimum Gasteiger partial charge on any atom is -0.152 e. The van der Waals surface area contributed by atoms with E-state index in [1.807, 2.05) is 0 Å². The van der Waals surface area contributed by atoms with Crippen LogP contribution in [0.4, 0.5) is 0 Å². The molecule has 1 unspecified atom stereocenters. The summed E-state index contributed by atoms with van der Waals surface area (Å²) in [6.07, 6.45) is 7.57. The summed E-state index contributed by atoms with van der Waals surface area (Å²) in [5, 5.41) is 0. The minimum atomic E-state index is 0.299. The molecule has 0 nitrogen and oxygen atoms in total. The van der Waals surface area contributed by atoms with E-state index >= 15 is 0 Å². The van der Waals surface area contributed by atoms with Crippen LogP contribution < -0.4 is 0 Å². The Morgan fingerprint density at radius 2 is 1.65 bits per heavy atom. The Bertz CT molecular complexity index is 319. The van der Waals surface area contributed by atoms with Crippen LogP contribution in [-0.2, 0) is 0 Å². The lowest BCUT2D eigenvalue weighted by atomic mass is 9.74. The molecule has 0 saturated heterocycles. The zero-order valence-corrected chi connectivity index (χ0v) is 18.0. The fraction of sp³-hybridized carbons (Fsp3) is 0.882. The Hall–Kier alpha value is 0.965. The molecule has 117 valence electrons. The van der Waals surface area contributed by atoms with Gasteiger partial charge in [-0.15, -0.1) is 8.46 Å². The fourth-order valence-electron chi connectivity index (χ4n) is 3.26. The van der Waals surface area contributed by atoms with Crippen LogP contribution in [0.25, 0.3) is 0 Å². The SMILES string of the molecule is CCC(C)(C)C/C(C)=C/C(C)(C)CC(C)(C)CP[B]I. The quantitative estimate of drug-likeness (QED) is 0.170. The predicted octanol–water partition coefficient (Wildman–Crippen LogP) is 6.85. The number of rotatable bonds is 9. The largest absolute Gasteiger partial charge is 0.230 e. The molecule has 0 fully saturated rings. The van der Waals surface area contributed by atoms with Gasteiger partial charge in [-0.05, 0) is 42.2 Å². The normalized spacial score (nSPS) is 15.2. The molecule has 0 spiro atoms. The smallest absolute Gasteiger partial charge is 0.152 e. The maximum absolute atomic E-state index is 2.53. The molecule has 0 bridgehead atoms. The summed E-state index contributed by atoms with van der Waals surface area (Å²) < 4.78 is 0. The topological polar surface area (TPSA) is 0 Å². The number of allylic oxidation sites excluding steroid dienone is 2. The Morgan fingerprint density at radius 3 is 2.10 bits per heavy atom. The highest BCUT2D eigenvalue weighted by molar-refractivity contribution is 14.1. The fourth-order valence-corrected chi connectivity index (χ4v) is 4.68. The van der Waals surface area contributed by atoms with Crippen molar-refractivity contribution in [3.63, 3.8) is 0 Å². The van der Waals surface area contributed by atoms with E-state index in [9.17, 15) is 0 Å². The van der Waals surface area contributed by atoms with Crippen molar-refractivity contribution in [3.05, 3.63) is 11.6 Å². The van der Waals surface area contributed by atoms with E-state index in [1.54, 1.807) is 5.57 Å². The summed E-state index contributed by atoms with van der Waals surface area (Å²) in [4.78, 5) is 2.29. The van der Waals surface area contributed by atoms with E-state index in [4.69, 9.17) is 0 Å². The summed E-state index contributed by atoms with van der Waals surface area (Å²) in [6, 6.07) is 0. The van der Waals surface area contributed by atoms with Gasteiger partial charge in [0, 0.05) is 0 Å². The van der Waals surface area contributed by atoms with Crippen molar-refractivity contribution in [2.75, 3.05) is 6.16 Å². The van der Waals surface area contributed by atoms with Crippen LogP contribution in [0, 0.1) is 16.2 Å². The molecular formula is C17H34BIP. The van der Waals surface area contributed by atoms with Gasteiger partial charge in [-0.1, -0.05) is 66.5 Å². The van der Waals surface area contributed by atoms with Crippen molar-refractivity contribution in [2.45, 2.75) is 74.7 Å². The standard InChI is InChI=1S/C17H34BIP/c1-9-15(3,4)10-14(2)11-16(5,6)12-17(7,8)13-20-18-19/h11,20H,9-10,12-13H2,1-8H3/b14-11+. The van der Waals surface area contributed by atoms with E-state index in [2.05, 4.69) is 88.7 Å². The van der Waals surface area contributed by atoms with Crippen LogP contribution in [-0.4, -0.2) is 11.0 Å². The lowest BCUT2D eigenvalue weighted by Gasteiger charge is -2.34. The molecule has 0 rings (SSSR count). The second-order valence-corrected chi connectivity index (χ2v) is 11.4. The van der Waals surface area contributed by atoms with Crippen LogP contribution in [0.15, 0.2) is 11.6 Å². The maximum Gasteiger partial charge on any atom is 0.230 e. The molecule has 0 amide bonds. The zero-order chi connectivity index (χ0) is 16.0. The lowest BCUT2D eigenvalue weighted by molar-refractivity contribution is 0.264. The molecular weight excluding hydrogens is 373 g/mol. The molecule has 1 radical (unpaired) electrons. The number of hydrogen-bond acceptors (Lipinski definition) is 0. The molecule has 1 atom stereocenters. The van der Waals surface area contributed by atoms with Gasteiger partial charge in [0.05, 0.1) is 0 Å². The van der Waals surface area contributed by atoms with Crippen LogP contribution in [0.5, 0.6) is 0 Å². The molecule has 0 aromatic heterocycles. The third-order valence-electron chi connectivity index (χ3n) is 3.94. The van der Waals surface area contributed by atoms with Crippen molar-refractivity contribution in [1.29, 1.82) is 0 Å². The Balaban J connectivity index is 4.71. The highest BCUT2D eigenvalue weighted by Gasteiger charge is 2.27. The van der Waals surface area contributed by atoms with Gasteiger partial charge in [-0.25, -0.2) is 0 Å². The Labute approximate surface area is 144 Å². The molecule has 0 aliphatic heterocycles. The molecule has 0 saturated carbocycles. The number of hydrogen-bond donors (Lipinski definition) is 0. The van der Waals surface area contributed by atoms with Gasteiger partial charge in [0.25, 0.3) is 0 Å². The molecule has 0 aliphatic rings. The van der Waals surface area contributed by atoms with Gasteiger partial charge in [-0.3, -0.25) is 0 Å². The third-order valence-corrected chi connectivity index (χ3v) is 6.58. The van der Waals surface area contributed by atoms with Gasteiger partial charge in [0.15, 0.2) is 0 Å². The molecule has 20 heavy (non-hydrogen) atoms. The molecule has 3 heteroatoms. The summed E-state index contributed by atoms with van der Waals surface area (Å²) >= 11 is 2.38. The number of halogens is 1. The molecule has 0 aromatic rings. The predicted molar refractivity (Wildman–Crippen MR) is 108 cm³/mol. The van der Waals surface area contributed by atoms with Gasteiger partial charge in [0.2, 0.25) is 4.86 Å². The summed E-state index contributed by atoms with van der Waals surface area (Å²) in [5.41, 5.74) is 2.72. The summed E-state index contributed by atoms with van der Waals surface area (Å²) in [7, 11) is 0.980. The highest BCUT2D eigenvalue weighted by Crippen LogP contribution is 2.40. The van der Waals surface area contributed by atoms with Crippen LogP contribution in [0.2, 0.25) is 0 Å². The summed E-state index contributed by atoms with van der Waals surface area (Å²) in [5.74, 6) is 0. The van der Waals surface area contributed by atoms with Gasteiger partial charge in [0.1, 0.15) is 0 Å². The van der Waals surface area contributed by atoms with E-state index in [-0.39, 0.29) is 0 Å². The van der Waals surface area contributed by atoms with Gasteiger partial charge < -0.3 is 0 Å². The van der Waals surface area contributed by atoms with Crippen molar-refractivity contribution < 1.29 is 0 Å². The Morgan fingerprint density at radius 1 is 1.10 bits per heavy atom. The second-order valence-electron chi connectivity index (χ2n) is 8.50. The average Bonchev–Trinajstić information content (AvgIpc) is 2.23. The minimum absolute atomic E-state index is 0.299. The first-order valence-electron chi connectivity index (χ1n) is 7.77. The maximum atomic E-state index is 2.53. The summed E-state index contributed by atoms with van der Waals surface area (Å²) in [6.45, 7) is 19.0. The van der Waals surface area contributed by atoms with E-state index in [1.165, 1.54) is 25.4 Å². The lowest BCUT2D eigenvalue weighted by Crippen LogP contribution is -2.24. The van der Waals surface area contributed by atoms with E-state index in [0.29, 0.717) is 16.2 Å². The zero-order valence-electron chi connectivity index (χ0n) is 14.9. The van der Waals surface area contributed by atoms with Crippen LogP contribution in [0.3, 0.4) is 0 Å². The van der Waals surface area contributed by atoms with E-state index in [0.717, 1.165) is 8.46 Å². The monoisotopic (exact) mass is 407 g/mol. The van der Waals surface area contributed by atoms with Crippen molar-refractivity contribution in [2.24, 2.45) is 16.2 Å². The highest BCUT2D eigenvalue weighted by atomic mass is 127. The van der Waals surface area contributed by atoms with Crippen LogP contribution >= 0.6 is 30.8 Å². The third kappa shape index (κ3) is 9.82.